The molecule has 0 unspecified atom stereocenters. The SMILES string of the molecule is CCCCSc1ccc(-c2cc(-c3ccc(CCCC)cc3)nc(C)n2)cc1. The summed E-state index contributed by atoms with van der Waals surface area (Å²) in [7, 11) is 0. The van der Waals surface area contributed by atoms with Crippen molar-refractivity contribution in [2.45, 2.75) is 57.8 Å². The third kappa shape index (κ3) is 5.68. The highest BCUT2D eigenvalue weighted by Gasteiger charge is 2.07. The van der Waals surface area contributed by atoms with Gasteiger partial charge in [0.1, 0.15) is 5.82 Å². The van der Waals surface area contributed by atoms with Crippen LogP contribution >= 0.6 is 11.8 Å². The van der Waals surface area contributed by atoms with Crippen molar-refractivity contribution in [1.29, 1.82) is 0 Å². The van der Waals surface area contributed by atoms with Crippen LogP contribution in [0.15, 0.2) is 59.5 Å². The van der Waals surface area contributed by atoms with Crippen molar-refractivity contribution >= 4 is 11.8 Å². The number of thioether (sulfide) groups is 1. The molecule has 0 saturated carbocycles. The molecule has 1 aromatic heterocycles. The predicted molar refractivity (Wildman–Crippen MR) is 122 cm³/mol. The number of benzene rings is 2. The summed E-state index contributed by atoms with van der Waals surface area (Å²) in [4.78, 5) is 10.7. The van der Waals surface area contributed by atoms with Crippen LogP contribution in [0.1, 0.15) is 50.9 Å². The zero-order chi connectivity index (χ0) is 19.8. The Morgan fingerprint density at radius 1 is 0.750 bits per heavy atom. The van der Waals surface area contributed by atoms with Gasteiger partial charge >= 0.3 is 0 Å². The second-order valence-corrected chi connectivity index (χ2v) is 8.38. The highest BCUT2D eigenvalue weighted by molar-refractivity contribution is 7.99. The quantitative estimate of drug-likeness (QED) is 0.282. The molecular weight excluding hydrogens is 360 g/mol. The Balaban J connectivity index is 1.79. The van der Waals surface area contributed by atoms with Crippen LogP contribution in [-0.4, -0.2) is 15.7 Å². The lowest BCUT2D eigenvalue weighted by Gasteiger charge is -2.08. The molecule has 0 aliphatic heterocycles. The van der Waals surface area contributed by atoms with E-state index in [0.717, 1.165) is 34.8 Å². The molecule has 28 heavy (non-hydrogen) atoms. The first-order valence-electron chi connectivity index (χ1n) is 10.4. The van der Waals surface area contributed by atoms with Gasteiger partial charge in [-0.3, -0.25) is 0 Å². The summed E-state index contributed by atoms with van der Waals surface area (Å²) in [5.41, 5.74) is 5.67. The normalized spacial score (nSPS) is 11.0. The fraction of sp³-hybridized carbons (Fsp3) is 0.360. The van der Waals surface area contributed by atoms with Gasteiger partial charge < -0.3 is 0 Å². The smallest absolute Gasteiger partial charge is 0.126 e. The molecule has 3 rings (SSSR count). The molecular formula is C25H30N2S. The lowest BCUT2D eigenvalue weighted by Crippen LogP contribution is -1.95. The molecule has 1 heterocycles. The maximum absolute atomic E-state index is 4.67. The number of hydrogen-bond donors (Lipinski definition) is 0. The van der Waals surface area contributed by atoms with E-state index in [1.165, 1.54) is 41.9 Å². The highest BCUT2D eigenvalue weighted by Crippen LogP contribution is 2.27. The van der Waals surface area contributed by atoms with Crippen molar-refractivity contribution in [2.24, 2.45) is 0 Å². The average molecular weight is 391 g/mol. The standard InChI is InChI=1S/C25H30N2S/c1-4-6-8-20-9-11-21(12-10-20)24-18-25(27-19(3)26-24)22-13-15-23(16-14-22)28-17-7-5-2/h9-16,18H,4-8,17H2,1-3H3. The van der Waals surface area contributed by atoms with Gasteiger partial charge in [0.05, 0.1) is 11.4 Å². The van der Waals surface area contributed by atoms with Gasteiger partial charge in [0.2, 0.25) is 0 Å². The van der Waals surface area contributed by atoms with Crippen molar-refractivity contribution in [3.05, 3.63) is 66.0 Å². The molecule has 0 saturated heterocycles. The minimum atomic E-state index is 0.809. The third-order valence-corrected chi connectivity index (χ3v) is 5.92. The topological polar surface area (TPSA) is 25.8 Å². The summed E-state index contributed by atoms with van der Waals surface area (Å²) in [6, 6.07) is 19.7. The molecule has 0 N–H and O–H groups in total. The van der Waals surface area contributed by atoms with Crippen molar-refractivity contribution < 1.29 is 0 Å². The Kier molecular flexibility index (Phi) is 7.67. The molecule has 3 aromatic rings. The molecule has 0 radical (unpaired) electrons. The first kappa shape index (κ1) is 20.6. The van der Waals surface area contributed by atoms with Gasteiger partial charge in [0.25, 0.3) is 0 Å². The number of nitrogens with zero attached hydrogens (tertiary/aromatic N) is 2. The van der Waals surface area contributed by atoms with Crippen LogP contribution in [0.25, 0.3) is 22.5 Å². The minimum absolute atomic E-state index is 0.809. The van der Waals surface area contributed by atoms with Crippen molar-refractivity contribution in [1.82, 2.24) is 9.97 Å². The van der Waals surface area contributed by atoms with E-state index in [1.807, 2.05) is 18.7 Å². The minimum Gasteiger partial charge on any atom is -0.233 e. The second kappa shape index (κ2) is 10.4. The summed E-state index contributed by atoms with van der Waals surface area (Å²) in [5.74, 6) is 1.99. The fourth-order valence-corrected chi connectivity index (χ4v) is 4.14. The van der Waals surface area contributed by atoms with Gasteiger partial charge in [-0.1, -0.05) is 63.1 Å². The number of aryl methyl sites for hydroxylation is 2. The van der Waals surface area contributed by atoms with E-state index < -0.39 is 0 Å². The third-order valence-electron chi connectivity index (χ3n) is 4.82. The van der Waals surface area contributed by atoms with Gasteiger partial charge in [0, 0.05) is 16.0 Å². The van der Waals surface area contributed by atoms with Crippen molar-refractivity contribution in [3.8, 4) is 22.5 Å². The predicted octanol–water partition coefficient (Wildman–Crippen LogP) is 7.35. The molecule has 0 atom stereocenters. The number of aromatic nitrogens is 2. The molecule has 0 aliphatic carbocycles. The lowest BCUT2D eigenvalue weighted by atomic mass is 10.0. The van der Waals surface area contributed by atoms with E-state index in [4.69, 9.17) is 0 Å². The molecule has 0 bridgehead atoms. The Morgan fingerprint density at radius 2 is 1.32 bits per heavy atom. The van der Waals surface area contributed by atoms with Crippen molar-refractivity contribution in [3.63, 3.8) is 0 Å². The molecule has 0 spiro atoms. The molecule has 0 aliphatic rings. The summed E-state index contributed by atoms with van der Waals surface area (Å²) in [5, 5.41) is 0. The van der Waals surface area contributed by atoms with Crippen LogP contribution in [0.2, 0.25) is 0 Å². The van der Waals surface area contributed by atoms with E-state index in [0.29, 0.717) is 0 Å². The van der Waals surface area contributed by atoms with E-state index in [-0.39, 0.29) is 0 Å². The number of unbranched alkanes of at least 4 members (excludes halogenated alkanes) is 2. The van der Waals surface area contributed by atoms with Crippen molar-refractivity contribution in [2.75, 3.05) is 5.75 Å². The van der Waals surface area contributed by atoms with Gasteiger partial charge in [-0.2, -0.15) is 0 Å². The summed E-state index contributed by atoms with van der Waals surface area (Å²) in [6.07, 6.45) is 6.12. The zero-order valence-electron chi connectivity index (χ0n) is 17.2. The van der Waals surface area contributed by atoms with E-state index >= 15 is 0 Å². The van der Waals surface area contributed by atoms with E-state index in [2.05, 4.69) is 78.4 Å². The molecule has 146 valence electrons. The summed E-state index contributed by atoms with van der Waals surface area (Å²) >= 11 is 1.93. The van der Waals surface area contributed by atoms with Crippen LogP contribution in [0.3, 0.4) is 0 Å². The van der Waals surface area contributed by atoms with Gasteiger partial charge in [-0.15, -0.1) is 11.8 Å². The van der Waals surface area contributed by atoms with Crippen LogP contribution in [0.5, 0.6) is 0 Å². The Morgan fingerprint density at radius 3 is 1.89 bits per heavy atom. The van der Waals surface area contributed by atoms with E-state index in [9.17, 15) is 0 Å². The zero-order valence-corrected chi connectivity index (χ0v) is 18.1. The molecule has 0 amide bonds. The molecule has 0 fully saturated rings. The Bertz CT molecular complexity index is 870. The highest BCUT2D eigenvalue weighted by atomic mass is 32.2. The first-order valence-corrected chi connectivity index (χ1v) is 11.4. The summed E-state index contributed by atoms with van der Waals surface area (Å²) in [6.45, 7) is 6.44. The lowest BCUT2D eigenvalue weighted by molar-refractivity contribution is 0.795. The van der Waals surface area contributed by atoms with E-state index in [1.54, 1.807) is 0 Å². The van der Waals surface area contributed by atoms with Gasteiger partial charge in [-0.05, 0) is 55.7 Å². The largest absolute Gasteiger partial charge is 0.233 e. The van der Waals surface area contributed by atoms with Crippen LogP contribution in [0, 0.1) is 6.92 Å². The van der Waals surface area contributed by atoms with Gasteiger partial charge in [-0.25, -0.2) is 9.97 Å². The van der Waals surface area contributed by atoms with Crippen LogP contribution < -0.4 is 0 Å². The molecule has 3 heteroatoms. The average Bonchev–Trinajstić information content (AvgIpc) is 2.73. The van der Waals surface area contributed by atoms with Crippen LogP contribution in [-0.2, 0) is 6.42 Å². The number of rotatable bonds is 9. The molecule has 2 aromatic carbocycles. The van der Waals surface area contributed by atoms with Crippen LogP contribution in [0.4, 0.5) is 0 Å². The second-order valence-electron chi connectivity index (χ2n) is 7.21. The fourth-order valence-electron chi connectivity index (χ4n) is 3.14. The first-order chi connectivity index (χ1) is 13.7. The molecule has 2 nitrogen and oxygen atoms in total. The Hall–Kier alpha value is -2.13. The maximum atomic E-state index is 4.67. The van der Waals surface area contributed by atoms with Gasteiger partial charge in [0.15, 0.2) is 0 Å². The number of hydrogen-bond acceptors (Lipinski definition) is 3. The maximum Gasteiger partial charge on any atom is 0.126 e. The Labute approximate surface area is 173 Å². The summed E-state index contributed by atoms with van der Waals surface area (Å²) < 4.78 is 0. The monoisotopic (exact) mass is 390 g/mol.